The number of imidazole rings is 1. The van der Waals surface area contributed by atoms with Crippen LogP contribution in [0.15, 0.2) is 59.5 Å². The molecule has 0 amide bonds. The quantitative estimate of drug-likeness (QED) is 0.350. The summed E-state index contributed by atoms with van der Waals surface area (Å²) in [5, 5.41) is 0. The van der Waals surface area contributed by atoms with Crippen LogP contribution in [0.2, 0.25) is 0 Å². The molecule has 154 valence electrons. The van der Waals surface area contributed by atoms with Crippen LogP contribution in [0, 0.1) is 19.8 Å². The number of benzene rings is 1. The molecule has 0 fully saturated rings. The molecule has 7 heteroatoms. The molecule has 0 saturated carbocycles. The summed E-state index contributed by atoms with van der Waals surface area (Å²) in [4.78, 5) is 15.8. The van der Waals surface area contributed by atoms with Crippen molar-refractivity contribution in [3.63, 3.8) is 0 Å². The Morgan fingerprint density at radius 1 is 1.03 bits per heavy atom. The Bertz CT molecular complexity index is 1140. The van der Waals surface area contributed by atoms with Gasteiger partial charge in [0, 0.05) is 34.8 Å². The van der Waals surface area contributed by atoms with Crippen molar-refractivity contribution in [3.05, 3.63) is 82.2 Å². The second-order valence-electron chi connectivity index (χ2n) is 6.69. The van der Waals surface area contributed by atoms with E-state index < -0.39 is 5.95 Å². The highest BCUT2D eigenvalue weighted by Crippen LogP contribution is 2.33. The van der Waals surface area contributed by atoms with Crippen molar-refractivity contribution in [2.24, 2.45) is 0 Å². The van der Waals surface area contributed by atoms with Gasteiger partial charge in [-0.15, -0.1) is 0 Å². The van der Waals surface area contributed by atoms with Gasteiger partial charge >= 0.3 is 0 Å². The first-order valence-corrected chi connectivity index (χ1v) is 9.81. The van der Waals surface area contributed by atoms with Gasteiger partial charge in [-0.2, -0.15) is 4.39 Å². The first-order chi connectivity index (χ1) is 14.0. The minimum Gasteiger partial charge on any atom is -0.489 e. The van der Waals surface area contributed by atoms with Crippen molar-refractivity contribution < 1.29 is 9.13 Å². The number of ether oxygens (including phenoxy) is 1. The van der Waals surface area contributed by atoms with E-state index in [1.807, 2.05) is 50.4 Å². The fourth-order valence-electron chi connectivity index (χ4n) is 2.93. The molecule has 0 saturated heterocycles. The van der Waals surface area contributed by atoms with E-state index in [0.717, 1.165) is 38.4 Å². The Labute approximate surface area is 183 Å². The minimum absolute atomic E-state index is 0. The van der Waals surface area contributed by atoms with Crippen LogP contribution in [0.5, 0.6) is 5.75 Å². The second-order valence-corrected chi connectivity index (χ2v) is 7.48. The maximum Gasteiger partial charge on any atom is 0.212 e. The van der Waals surface area contributed by atoms with Crippen molar-refractivity contribution in [2.45, 2.75) is 27.9 Å². The molecule has 0 bridgehead atoms. The molecule has 1 aromatic carbocycles. The van der Waals surface area contributed by atoms with Gasteiger partial charge in [0.25, 0.3) is 0 Å². The van der Waals surface area contributed by atoms with E-state index in [2.05, 4.69) is 35.9 Å². The number of aromatic nitrogens is 4. The molecule has 30 heavy (non-hydrogen) atoms. The Morgan fingerprint density at radius 3 is 2.53 bits per heavy atom. The molecule has 0 unspecified atom stereocenters. The number of nitrogens with one attached hydrogen (secondary N) is 1. The van der Waals surface area contributed by atoms with Gasteiger partial charge in [0.05, 0.1) is 0 Å². The van der Waals surface area contributed by atoms with Crippen LogP contribution in [0.1, 0.15) is 24.2 Å². The van der Waals surface area contributed by atoms with Gasteiger partial charge in [-0.05, 0) is 71.7 Å². The topological polar surface area (TPSA) is 63.7 Å². The Balaban J connectivity index is 0.00000256. The van der Waals surface area contributed by atoms with E-state index in [4.69, 9.17) is 4.74 Å². The number of hydrogen-bond donors (Lipinski definition) is 1. The molecule has 1 N–H and O–H groups in total. The highest BCUT2D eigenvalue weighted by atomic mass is 79.9. The van der Waals surface area contributed by atoms with E-state index >= 15 is 0 Å². The molecule has 3 heterocycles. The number of rotatable bonds is 5. The largest absolute Gasteiger partial charge is 0.489 e. The molecular formula is C23H22BrFN4O. The van der Waals surface area contributed by atoms with Crippen LogP contribution in [0.25, 0.3) is 22.6 Å². The summed E-state index contributed by atoms with van der Waals surface area (Å²) in [5.41, 5.74) is 5.48. The molecule has 5 nitrogen and oxygen atoms in total. The van der Waals surface area contributed by atoms with E-state index in [-0.39, 0.29) is 7.43 Å². The lowest BCUT2D eigenvalue weighted by Gasteiger charge is -2.10. The third-order valence-electron chi connectivity index (χ3n) is 4.49. The summed E-state index contributed by atoms with van der Waals surface area (Å²) < 4.78 is 19.7. The van der Waals surface area contributed by atoms with Crippen LogP contribution in [-0.4, -0.2) is 19.9 Å². The molecule has 0 aliphatic rings. The van der Waals surface area contributed by atoms with E-state index in [1.54, 1.807) is 6.07 Å². The number of H-pyrrole nitrogens is 1. The fraction of sp³-hybridized carbons (Fsp3) is 0.174. The Morgan fingerprint density at radius 2 is 1.87 bits per heavy atom. The third-order valence-corrected chi connectivity index (χ3v) is 5.07. The van der Waals surface area contributed by atoms with Crippen molar-refractivity contribution in [3.8, 4) is 28.4 Å². The summed E-state index contributed by atoms with van der Waals surface area (Å²) in [5.74, 6) is 0.875. The van der Waals surface area contributed by atoms with Crippen LogP contribution < -0.4 is 4.74 Å². The van der Waals surface area contributed by atoms with E-state index in [0.29, 0.717) is 18.0 Å². The number of halogens is 2. The molecule has 0 atom stereocenters. The van der Waals surface area contributed by atoms with E-state index in [9.17, 15) is 4.39 Å². The summed E-state index contributed by atoms with van der Waals surface area (Å²) in [6.45, 7) is 4.42. The number of aryl methyl sites for hydroxylation is 2. The Hall–Kier alpha value is -3.06. The molecule has 0 radical (unpaired) electrons. The normalized spacial score (nSPS) is 10.5. The predicted molar refractivity (Wildman–Crippen MR) is 120 cm³/mol. The number of pyridine rings is 2. The number of hydrogen-bond acceptors (Lipinski definition) is 4. The van der Waals surface area contributed by atoms with Gasteiger partial charge in [-0.3, -0.25) is 4.98 Å². The first kappa shape index (κ1) is 21.6. The third kappa shape index (κ3) is 4.74. The summed E-state index contributed by atoms with van der Waals surface area (Å²) >= 11 is 3.53. The minimum atomic E-state index is -0.521. The summed E-state index contributed by atoms with van der Waals surface area (Å²) in [6, 6.07) is 12.8. The molecule has 4 rings (SSSR count). The molecular weight excluding hydrogens is 447 g/mol. The predicted octanol–water partition coefficient (Wildman–Crippen LogP) is 6.27. The first-order valence-electron chi connectivity index (χ1n) is 9.02. The molecule has 4 aromatic rings. The smallest absolute Gasteiger partial charge is 0.212 e. The van der Waals surface area contributed by atoms with Gasteiger partial charge in [0.15, 0.2) is 0 Å². The summed E-state index contributed by atoms with van der Waals surface area (Å²) in [6.07, 6.45) is 3.28. The number of nitrogens with zero attached hydrogens (tertiary/aromatic N) is 3. The van der Waals surface area contributed by atoms with Crippen molar-refractivity contribution >= 4 is 15.9 Å². The Kier molecular flexibility index (Phi) is 6.62. The maximum atomic E-state index is 13.1. The average molecular weight is 469 g/mol. The fourth-order valence-corrected chi connectivity index (χ4v) is 3.42. The monoisotopic (exact) mass is 468 g/mol. The van der Waals surface area contributed by atoms with Crippen molar-refractivity contribution in [1.82, 2.24) is 19.9 Å². The lowest BCUT2D eigenvalue weighted by Crippen LogP contribution is -1.97. The lowest BCUT2D eigenvalue weighted by atomic mass is 10.1. The van der Waals surface area contributed by atoms with Crippen LogP contribution >= 0.6 is 15.9 Å². The zero-order valence-corrected chi connectivity index (χ0v) is 17.5. The van der Waals surface area contributed by atoms with Gasteiger partial charge in [0.2, 0.25) is 5.95 Å². The highest BCUT2D eigenvalue weighted by Gasteiger charge is 2.14. The van der Waals surface area contributed by atoms with Gasteiger partial charge in [0.1, 0.15) is 28.5 Å². The van der Waals surface area contributed by atoms with Gasteiger partial charge in [-0.25, -0.2) is 9.97 Å². The van der Waals surface area contributed by atoms with Gasteiger partial charge < -0.3 is 9.72 Å². The van der Waals surface area contributed by atoms with Crippen molar-refractivity contribution in [2.75, 3.05) is 0 Å². The molecule has 3 aromatic heterocycles. The zero-order valence-electron chi connectivity index (χ0n) is 15.9. The van der Waals surface area contributed by atoms with Gasteiger partial charge in [-0.1, -0.05) is 13.5 Å². The molecule has 0 spiro atoms. The van der Waals surface area contributed by atoms with Crippen LogP contribution in [0.4, 0.5) is 4.39 Å². The summed E-state index contributed by atoms with van der Waals surface area (Å²) in [7, 11) is 0. The SMILES string of the molecule is C.Cc1ccc(COc2ccc(-c3nc(-c4ccc(F)nc4)[nH]c3Br)c(C)c2)cn1. The van der Waals surface area contributed by atoms with Crippen molar-refractivity contribution in [1.29, 1.82) is 0 Å². The standard InChI is InChI=1S/C22H18BrFN4O.CH4/c1-13-9-17(29-12-15-4-3-14(2)25-10-15)6-7-18(13)20-21(23)28-22(27-20)16-5-8-19(24)26-11-16;/h3-11H,12H2,1-2H3,(H,27,28);1H4. The zero-order chi connectivity index (χ0) is 20.4. The maximum absolute atomic E-state index is 13.1. The molecule has 0 aliphatic heterocycles. The number of aromatic amines is 1. The lowest BCUT2D eigenvalue weighted by molar-refractivity contribution is 0.305. The van der Waals surface area contributed by atoms with Crippen LogP contribution in [0.3, 0.4) is 0 Å². The van der Waals surface area contributed by atoms with E-state index in [1.165, 1.54) is 12.3 Å². The molecule has 0 aliphatic carbocycles. The highest BCUT2D eigenvalue weighted by molar-refractivity contribution is 9.10. The average Bonchev–Trinajstić information content (AvgIpc) is 3.09. The second kappa shape index (κ2) is 9.17. The van der Waals surface area contributed by atoms with Crippen LogP contribution in [-0.2, 0) is 6.61 Å².